The lowest BCUT2D eigenvalue weighted by atomic mass is 9.92. The minimum Gasteiger partial charge on any atom is -0.377 e. The van der Waals surface area contributed by atoms with Crippen molar-refractivity contribution >= 4 is 0 Å². The topological polar surface area (TPSA) is 27.7 Å². The Morgan fingerprint density at radius 2 is 1.93 bits per heavy atom. The van der Waals surface area contributed by atoms with Gasteiger partial charge in [-0.1, -0.05) is 0 Å². The van der Waals surface area contributed by atoms with Crippen LogP contribution in [-0.4, -0.2) is 31.7 Å². The summed E-state index contributed by atoms with van der Waals surface area (Å²) < 4.78 is 17.0. The largest absolute Gasteiger partial charge is 0.377 e. The van der Waals surface area contributed by atoms with Gasteiger partial charge in [0.05, 0.1) is 25.9 Å². The van der Waals surface area contributed by atoms with Crippen LogP contribution in [0.1, 0.15) is 32.1 Å². The second kappa shape index (κ2) is 4.98. The number of terminal acetylenes is 1. The second-order valence-corrected chi connectivity index (χ2v) is 4.13. The van der Waals surface area contributed by atoms with Gasteiger partial charge in [-0.25, -0.2) is 0 Å². The zero-order valence-corrected chi connectivity index (χ0v) is 9.04. The Bertz CT molecular complexity index is 228. The summed E-state index contributed by atoms with van der Waals surface area (Å²) in [6.45, 7) is 2.15. The monoisotopic (exact) mass is 210 g/mol. The molecule has 84 valence electrons. The van der Waals surface area contributed by atoms with Crippen LogP contribution in [-0.2, 0) is 14.2 Å². The van der Waals surface area contributed by atoms with Crippen molar-refractivity contribution in [1.29, 1.82) is 0 Å². The summed E-state index contributed by atoms with van der Waals surface area (Å²) in [5, 5.41) is 0. The molecule has 1 spiro atoms. The maximum atomic E-state index is 5.67. The number of hydrogen-bond donors (Lipinski definition) is 0. The molecule has 0 radical (unpaired) electrons. The minimum absolute atomic E-state index is 0.272. The van der Waals surface area contributed by atoms with Crippen molar-refractivity contribution in [2.24, 2.45) is 0 Å². The molecule has 1 aliphatic heterocycles. The highest BCUT2D eigenvalue weighted by molar-refractivity contribution is 4.85. The van der Waals surface area contributed by atoms with Gasteiger partial charge in [0, 0.05) is 19.3 Å². The van der Waals surface area contributed by atoms with E-state index in [9.17, 15) is 0 Å². The fraction of sp³-hybridized carbons (Fsp3) is 0.833. The number of rotatable bonds is 3. The van der Waals surface area contributed by atoms with E-state index < -0.39 is 0 Å². The Labute approximate surface area is 91.1 Å². The highest BCUT2D eigenvalue weighted by Gasteiger charge is 2.40. The van der Waals surface area contributed by atoms with E-state index in [1.54, 1.807) is 0 Å². The fourth-order valence-corrected chi connectivity index (χ4v) is 2.27. The number of ether oxygens (including phenoxy) is 3. The van der Waals surface area contributed by atoms with E-state index in [1.165, 1.54) is 0 Å². The molecule has 1 aliphatic carbocycles. The quantitative estimate of drug-likeness (QED) is 0.524. The molecule has 0 aromatic rings. The van der Waals surface area contributed by atoms with Gasteiger partial charge >= 0.3 is 0 Å². The first kappa shape index (κ1) is 10.9. The summed E-state index contributed by atoms with van der Waals surface area (Å²) in [7, 11) is 0. The van der Waals surface area contributed by atoms with Crippen LogP contribution in [0.4, 0.5) is 0 Å². The smallest absolute Gasteiger partial charge is 0.168 e. The highest BCUT2D eigenvalue weighted by Crippen LogP contribution is 2.36. The zero-order valence-electron chi connectivity index (χ0n) is 9.04. The van der Waals surface area contributed by atoms with Gasteiger partial charge in [-0.05, 0) is 12.8 Å². The zero-order chi connectivity index (χ0) is 10.6. The van der Waals surface area contributed by atoms with Gasteiger partial charge in [0.1, 0.15) is 0 Å². The average molecular weight is 210 g/mol. The van der Waals surface area contributed by atoms with Crippen molar-refractivity contribution in [3.63, 3.8) is 0 Å². The molecule has 15 heavy (non-hydrogen) atoms. The molecule has 1 saturated carbocycles. The SMILES string of the molecule is C#CCCOC1CCC2(CC1)OCCO2. The van der Waals surface area contributed by atoms with Crippen LogP contribution in [0.15, 0.2) is 0 Å². The molecule has 0 unspecified atom stereocenters. The molecule has 2 aliphatic rings. The molecular formula is C12H18O3. The van der Waals surface area contributed by atoms with Gasteiger partial charge in [-0.15, -0.1) is 12.3 Å². The van der Waals surface area contributed by atoms with Crippen LogP contribution in [0, 0.1) is 12.3 Å². The van der Waals surface area contributed by atoms with Gasteiger partial charge in [-0.3, -0.25) is 0 Å². The third-order valence-electron chi connectivity index (χ3n) is 3.11. The van der Waals surface area contributed by atoms with Crippen molar-refractivity contribution < 1.29 is 14.2 Å². The molecule has 0 amide bonds. The standard InChI is InChI=1S/C12H18O3/c1-2-3-8-13-11-4-6-12(7-5-11)14-9-10-15-12/h1,11H,3-10H2. The van der Waals surface area contributed by atoms with Gasteiger partial charge in [0.2, 0.25) is 0 Å². The molecule has 0 N–H and O–H groups in total. The lowest BCUT2D eigenvalue weighted by Crippen LogP contribution is -2.37. The molecular weight excluding hydrogens is 192 g/mol. The van der Waals surface area contributed by atoms with E-state index in [0.29, 0.717) is 19.1 Å². The summed E-state index contributed by atoms with van der Waals surface area (Å²) in [6.07, 6.45) is 10.2. The Balaban J connectivity index is 1.70. The molecule has 3 nitrogen and oxygen atoms in total. The first-order valence-electron chi connectivity index (χ1n) is 5.68. The summed E-state index contributed by atoms with van der Waals surface area (Å²) in [5.74, 6) is 2.31. The fourth-order valence-electron chi connectivity index (χ4n) is 2.27. The number of hydrogen-bond acceptors (Lipinski definition) is 3. The predicted molar refractivity (Wildman–Crippen MR) is 56.3 cm³/mol. The van der Waals surface area contributed by atoms with E-state index >= 15 is 0 Å². The van der Waals surface area contributed by atoms with Gasteiger partial charge in [0.15, 0.2) is 5.79 Å². The lowest BCUT2D eigenvalue weighted by Gasteiger charge is -2.35. The average Bonchev–Trinajstić information content (AvgIpc) is 2.71. The van der Waals surface area contributed by atoms with E-state index in [-0.39, 0.29) is 5.79 Å². The summed E-state index contributed by atoms with van der Waals surface area (Å²) in [5.41, 5.74) is 0. The molecule has 1 heterocycles. The predicted octanol–water partition coefficient (Wildman–Crippen LogP) is 1.71. The molecule has 0 aromatic carbocycles. The summed E-state index contributed by atoms with van der Waals surface area (Å²) in [4.78, 5) is 0. The maximum Gasteiger partial charge on any atom is 0.168 e. The summed E-state index contributed by atoms with van der Waals surface area (Å²) in [6, 6.07) is 0. The molecule has 2 fully saturated rings. The minimum atomic E-state index is -0.272. The molecule has 1 saturated heterocycles. The molecule has 0 aromatic heterocycles. The molecule has 0 bridgehead atoms. The van der Waals surface area contributed by atoms with E-state index in [1.807, 2.05) is 0 Å². The van der Waals surface area contributed by atoms with Crippen molar-refractivity contribution in [3.05, 3.63) is 0 Å². The maximum absolute atomic E-state index is 5.67. The van der Waals surface area contributed by atoms with Crippen LogP contribution in [0.2, 0.25) is 0 Å². The third-order valence-corrected chi connectivity index (χ3v) is 3.11. The third kappa shape index (κ3) is 2.72. The van der Waals surface area contributed by atoms with Gasteiger partial charge in [-0.2, -0.15) is 0 Å². The first-order valence-corrected chi connectivity index (χ1v) is 5.68. The van der Waals surface area contributed by atoms with Gasteiger partial charge < -0.3 is 14.2 Å². The van der Waals surface area contributed by atoms with Crippen LogP contribution in [0.25, 0.3) is 0 Å². The van der Waals surface area contributed by atoms with Crippen molar-refractivity contribution in [2.75, 3.05) is 19.8 Å². The molecule has 2 rings (SSSR count). The Kier molecular flexibility index (Phi) is 3.63. The van der Waals surface area contributed by atoms with Crippen LogP contribution < -0.4 is 0 Å². The Morgan fingerprint density at radius 3 is 2.53 bits per heavy atom. The van der Waals surface area contributed by atoms with Crippen molar-refractivity contribution in [1.82, 2.24) is 0 Å². The summed E-state index contributed by atoms with van der Waals surface area (Å²) >= 11 is 0. The van der Waals surface area contributed by atoms with Gasteiger partial charge in [0.25, 0.3) is 0 Å². The Morgan fingerprint density at radius 1 is 1.27 bits per heavy atom. The van der Waals surface area contributed by atoms with E-state index in [4.69, 9.17) is 20.6 Å². The normalized spacial score (nSPS) is 25.5. The van der Waals surface area contributed by atoms with Crippen molar-refractivity contribution in [3.8, 4) is 12.3 Å². The van der Waals surface area contributed by atoms with Crippen LogP contribution >= 0.6 is 0 Å². The highest BCUT2D eigenvalue weighted by atomic mass is 16.7. The van der Waals surface area contributed by atoms with Crippen LogP contribution in [0.5, 0.6) is 0 Å². The second-order valence-electron chi connectivity index (χ2n) is 4.13. The van der Waals surface area contributed by atoms with E-state index in [2.05, 4.69) is 5.92 Å². The van der Waals surface area contributed by atoms with Crippen molar-refractivity contribution in [2.45, 2.75) is 44.0 Å². The van der Waals surface area contributed by atoms with E-state index in [0.717, 1.165) is 38.9 Å². The molecule has 3 heteroatoms. The Hall–Kier alpha value is -0.560. The molecule has 0 atom stereocenters. The lowest BCUT2D eigenvalue weighted by molar-refractivity contribution is -0.191. The first-order chi connectivity index (χ1) is 7.35. The van der Waals surface area contributed by atoms with Crippen LogP contribution in [0.3, 0.4) is 0 Å².